The van der Waals surface area contributed by atoms with Crippen molar-refractivity contribution >= 4 is 14.8 Å². The van der Waals surface area contributed by atoms with Gasteiger partial charge in [0.1, 0.15) is 6.29 Å². The molecule has 0 heterocycles. The Labute approximate surface area is 113 Å². The molecule has 0 N–H and O–H groups in total. The van der Waals surface area contributed by atoms with E-state index >= 15 is 0 Å². The first-order chi connectivity index (χ1) is 8.70. The molecule has 108 valence electrons. The highest BCUT2D eigenvalue weighted by atomic mass is 28.4. The Hall–Kier alpha value is -0.193. The summed E-state index contributed by atoms with van der Waals surface area (Å²) in [6.07, 6.45) is 6.48. The Morgan fingerprint density at radius 2 is 1.61 bits per heavy atom. The van der Waals surface area contributed by atoms with Gasteiger partial charge in [0.05, 0.1) is 5.54 Å². The molecular weight excluding hydrogens is 244 g/mol. The number of rotatable bonds is 12. The van der Waals surface area contributed by atoms with E-state index in [0.29, 0.717) is 13.2 Å². The van der Waals surface area contributed by atoms with Crippen molar-refractivity contribution in [2.45, 2.75) is 71.4 Å². The van der Waals surface area contributed by atoms with Crippen LogP contribution in [0.4, 0.5) is 0 Å². The maximum absolute atomic E-state index is 11.4. The molecule has 0 amide bonds. The molecule has 3 nitrogen and oxygen atoms in total. The van der Waals surface area contributed by atoms with Gasteiger partial charge in [-0.3, -0.25) is 0 Å². The molecule has 0 rings (SSSR count). The molecule has 0 saturated heterocycles. The highest BCUT2D eigenvalue weighted by Crippen LogP contribution is 2.32. The number of hydrogen-bond donors (Lipinski definition) is 0. The van der Waals surface area contributed by atoms with Gasteiger partial charge in [-0.2, -0.15) is 0 Å². The molecule has 0 fully saturated rings. The summed E-state index contributed by atoms with van der Waals surface area (Å²) in [5, 5.41) is 0. The van der Waals surface area contributed by atoms with Crippen LogP contribution < -0.4 is 0 Å². The van der Waals surface area contributed by atoms with Crippen LogP contribution in [0.25, 0.3) is 0 Å². The first-order valence-electron chi connectivity index (χ1n) is 7.43. The van der Waals surface area contributed by atoms with Crippen molar-refractivity contribution in [3.05, 3.63) is 0 Å². The Morgan fingerprint density at radius 1 is 1.00 bits per heavy atom. The van der Waals surface area contributed by atoms with Gasteiger partial charge in [-0.05, 0) is 26.3 Å². The number of carbonyl (C=O) groups excluding carboxylic acids is 1. The van der Waals surface area contributed by atoms with Crippen LogP contribution in [0.2, 0.25) is 11.6 Å². The largest absolute Gasteiger partial charge is 0.394 e. The zero-order chi connectivity index (χ0) is 13.9. The number of unbranched alkanes of at least 4 members (excludes halogenated alkanes) is 2. The third-order valence-corrected chi connectivity index (χ3v) is 7.53. The summed E-state index contributed by atoms with van der Waals surface area (Å²) < 4.78 is 12.0. The predicted molar refractivity (Wildman–Crippen MR) is 78.1 cm³/mol. The zero-order valence-electron chi connectivity index (χ0n) is 12.5. The highest BCUT2D eigenvalue weighted by molar-refractivity contribution is 6.71. The summed E-state index contributed by atoms with van der Waals surface area (Å²) in [7, 11) is -2.34. The van der Waals surface area contributed by atoms with Gasteiger partial charge in [0.15, 0.2) is 0 Å². The van der Waals surface area contributed by atoms with Crippen LogP contribution in [0, 0.1) is 0 Å². The lowest BCUT2D eigenvalue weighted by Crippen LogP contribution is -2.47. The van der Waals surface area contributed by atoms with Crippen molar-refractivity contribution in [1.82, 2.24) is 0 Å². The summed E-state index contributed by atoms with van der Waals surface area (Å²) in [4.78, 5) is 11.4. The first-order valence-corrected chi connectivity index (χ1v) is 9.53. The molecule has 0 aromatic rings. The molecule has 1 unspecified atom stereocenters. The highest BCUT2D eigenvalue weighted by Gasteiger charge is 2.44. The fraction of sp³-hybridized carbons (Fsp3) is 0.929. The lowest BCUT2D eigenvalue weighted by Gasteiger charge is -2.34. The van der Waals surface area contributed by atoms with Gasteiger partial charge in [0.2, 0.25) is 0 Å². The van der Waals surface area contributed by atoms with E-state index in [0.717, 1.165) is 31.6 Å². The lowest BCUT2D eigenvalue weighted by atomic mass is 10.2. The van der Waals surface area contributed by atoms with Gasteiger partial charge in [-0.1, -0.05) is 39.5 Å². The monoisotopic (exact) mass is 274 g/mol. The van der Waals surface area contributed by atoms with Crippen molar-refractivity contribution < 1.29 is 13.6 Å². The second-order valence-electron chi connectivity index (χ2n) is 4.67. The molecule has 0 saturated carbocycles. The minimum absolute atomic E-state index is 0.0103. The topological polar surface area (TPSA) is 35.5 Å². The predicted octanol–water partition coefficient (Wildman–Crippen LogP) is 4.06. The SMILES string of the molecule is CCCCCC(C=O)[Si](CCC)(OCC)OCC. The molecule has 0 spiro atoms. The van der Waals surface area contributed by atoms with Gasteiger partial charge in [-0.25, -0.2) is 0 Å². The number of hydrogen-bond acceptors (Lipinski definition) is 3. The van der Waals surface area contributed by atoms with Crippen molar-refractivity contribution in [3.8, 4) is 0 Å². The van der Waals surface area contributed by atoms with E-state index in [1.165, 1.54) is 12.8 Å². The second kappa shape index (κ2) is 10.7. The van der Waals surface area contributed by atoms with E-state index < -0.39 is 8.56 Å². The standard InChI is InChI=1S/C14H30O3Si/c1-5-9-10-11-14(13-15)18(12-6-2,16-7-3)17-8-4/h13-14H,5-12H2,1-4H3. The molecule has 0 aliphatic rings. The maximum Gasteiger partial charge on any atom is 0.348 e. The number of carbonyl (C=O) groups is 1. The van der Waals surface area contributed by atoms with Crippen LogP contribution in [0.3, 0.4) is 0 Å². The van der Waals surface area contributed by atoms with Crippen LogP contribution in [-0.2, 0) is 13.6 Å². The van der Waals surface area contributed by atoms with Crippen LogP contribution in [0.15, 0.2) is 0 Å². The van der Waals surface area contributed by atoms with Crippen molar-refractivity contribution in [2.24, 2.45) is 0 Å². The first kappa shape index (κ1) is 17.8. The third kappa shape index (κ3) is 5.63. The second-order valence-corrected chi connectivity index (χ2v) is 8.11. The summed E-state index contributed by atoms with van der Waals surface area (Å²) in [6.45, 7) is 9.58. The van der Waals surface area contributed by atoms with E-state index in [9.17, 15) is 4.79 Å². The molecule has 0 radical (unpaired) electrons. The Balaban J connectivity index is 4.76. The lowest BCUT2D eigenvalue weighted by molar-refractivity contribution is -0.108. The van der Waals surface area contributed by atoms with Gasteiger partial charge < -0.3 is 13.6 Å². The summed E-state index contributed by atoms with van der Waals surface area (Å²) >= 11 is 0. The Bertz CT molecular complexity index is 192. The molecule has 1 atom stereocenters. The van der Waals surface area contributed by atoms with Crippen LogP contribution in [0.1, 0.15) is 59.8 Å². The molecule has 4 heteroatoms. The van der Waals surface area contributed by atoms with E-state index in [1.54, 1.807) is 0 Å². The van der Waals surface area contributed by atoms with Crippen LogP contribution in [-0.4, -0.2) is 28.1 Å². The average Bonchev–Trinajstić information content (AvgIpc) is 2.35. The summed E-state index contributed by atoms with van der Waals surface area (Å²) in [5.74, 6) is 0. The molecule has 0 aliphatic heterocycles. The summed E-state index contributed by atoms with van der Waals surface area (Å²) in [6, 6.07) is 0.921. The smallest absolute Gasteiger partial charge is 0.348 e. The molecule has 0 bridgehead atoms. The van der Waals surface area contributed by atoms with Gasteiger partial charge >= 0.3 is 8.56 Å². The molecule has 0 aromatic heterocycles. The Kier molecular flexibility index (Phi) is 10.6. The van der Waals surface area contributed by atoms with Gasteiger partial charge in [0.25, 0.3) is 0 Å². The Morgan fingerprint density at radius 3 is 2.00 bits per heavy atom. The molecule has 0 aromatic carbocycles. The van der Waals surface area contributed by atoms with E-state index in [4.69, 9.17) is 8.85 Å². The maximum atomic E-state index is 11.4. The molecular formula is C14H30O3Si. The van der Waals surface area contributed by atoms with Crippen molar-refractivity contribution in [2.75, 3.05) is 13.2 Å². The zero-order valence-corrected chi connectivity index (χ0v) is 13.5. The summed E-state index contributed by atoms with van der Waals surface area (Å²) in [5.41, 5.74) is -0.0103. The van der Waals surface area contributed by atoms with Gasteiger partial charge in [0, 0.05) is 13.2 Å². The van der Waals surface area contributed by atoms with E-state index in [2.05, 4.69) is 13.8 Å². The van der Waals surface area contributed by atoms with E-state index in [-0.39, 0.29) is 5.54 Å². The fourth-order valence-corrected chi connectivity index (χ4v) is 6.12. The molecule has 18 heavy (non-hydrogen) atoms. The normalized spacial score (nSPS) is 13.6. The van der Waals surface area contributed by atoms with Gasteiger partial charge in [-0.15, -0.1) is 0 Å². The minimum Gasteiger partial charge on any atom is -0.394 e. The van der Waals surface area contributed by atoms with Crippen molar-refractivity contribution in [3.63, 3.8) is 0 Å². The quantitative estimate of drug-likeness (QED) is 0.306. The average molecular weight is 274 g/mol. The van der Waals surface area contributed by atoms with E-state index in [1.807, 2.05) is 13.8 Å². The number of aldehydes is 1. The third-order valence-electron chi connectivity index (χ3n) is 3.22. The molecule has 0 aliphatic carbocycles. The fourth-order valence-electron chi connectivity index (χ4n) is 2.43. The van der Waals surface area contributed by atoms with Crippen molar-refractivity contribution in [1.29, 1.82) is 0 Å². The van der Waals surface area contributed by atoms with Crippen LogP contribution >= 0.6 is 0 Å². The minimum atomic E-state index is -2.34. The van der Waals surface area contributed by atoms with Crippen LogP contribution in [0.5, 0.6) is 0 Å².